The molecule has 0 spiro atoms. The average Bonchev–Trinajstić information content (AvgIpc) is 3.13. The molecule has 2 aromatic rings. The second-order valence-corrected chi connectivity index (χ2v) is 9.11. The minimum absolute atomic E-state index is 0.120. The Morgan fingerprint density at radius 2 is 2.12 bits per heavy atom. The van der Waals surface area contributed by atoms with E-state index in [0.717, 1.165) is 6.26 Å². The SMILES string of the molecule is C[C@H]1CN(c2ncc(C(=O)c3cccc(S(C)(=O)=O)c3)s2)C[C@@H]1O. The summed E-state index contributed by atoms with van der Waals surface area (Å²) in [7, 11) is -3.36. The monoisotopic (exact) mass is 366 g/mol. The number of benzene rings is 1. The molecular weight excluding hydrogens is 348 g/mol. The summed E-state index contributed by atoms with van der Waals surface area (Å²) in [4.78, 5) is 19.4. The number of aliphatic hydroxyl groups is 1. The third-order valence-electron chi connectivity index (χ3n) is 4.08. The fraction of sp³-hybridized carbons (Fsp3) is 0.375. The topological polar surface area (TPSA) is 87.6 Å². The molecule has 0 unspecified atom stereocenters. The number of hydrogen-bond acceptors (Lipinski definition) is 7. The van der Waals surface area contributed by atoms with Crippen molar-refractivity contribution < 1.29 is 18.3 Å². The van der Waals surface area contributed by atoms with Crippen molar-refractivity contribution in [2.45, 2.75) is 17.9 Å². The quantitative estimate of drug-likeness (QED) is 0.827. The van der Waals surface area contributed by atoms with Crippen molar-refractivity contribution in [3.05, 3.63) is 40.9 Å². The first kappa shape index (κ1) is 17.1. The largest absolute Gasteiger partial charge is 0.391 e. The molecule has 24 heavy (non-hydrogen) atoms. The molecule has 0 radical (unpaired) electrons. The third-order valence-corrected chi connectivity index (χ3v) is 6.25. The number of nitrogens with zero attached hydrogens (tertiary/aromatic N) is 2. The fourth-order valence-electron chi connectivity index (χ4n) is 2.63. The lowest BCUT2D eigenvalue weighted by Gasteiger charge is -2.12. The number of aromatic nitrogens is 1. The first-order chi connectivity index (χ1) is 11.3. The number of carbonyl (C=O) groups is 1. The van der Waals surface area contributed by atoms with Crippen LogP contribution in [0.4, 0.5) is 5.13 Å². The van der Waals surface area contributed by atoms with Crippen LogP contribution in [0.1, 0.15) is 22.2 Å². The molecule has 1 fully saturated rings. The number of carbonyl (C=O) groups excluding carboxylic acids is 1. The molecule has 1 aliphatic heterocycles. The van der Waals surface area contributed by atoms with Crippen molar-refractivity contribution in [1.29, 1.82) is 0 Å². The van der Waals surface area contributed by atoms with E-state index in [2.05, 4.69) is 4.98 Å². The van der Waals surface area contributed by atoms with Crippen LogP contribution in [0.15, 0.2) is 35.4 Å². The summed E-state index contributed by atoms with van der Waals surface area (Å²) in [5.41, 5.74) is 0.322. The Balaban J connectivity index is 1.84. The zero-order chi connectivity index (χ0) is 17.5. The number of rotatable bonds is 4. The maximum atomic E-state index is 12.6. The van der Waals surface area contributed by atoms with Crippen molar-refractivity contribution in [1.82, 2.24) is 4.98 Å². The van der Waals surface area contributed by atoms with E-state index in [9.17, 15) is 18.3 Å². The van der Waals surface area contributed by atoms with Gasteiger partial charge in [-0.25, -0.2) is 13.4 Å². The zero-order valence-corrected chi connectivity index (χ0v) is 15.0. The van der Waals surface area contributed by atoms with Crippen LogP contribution in [0.3, 0.4) is 0 Å². The van der Waals surface area contributed by atoms with Crippen molar-refractivity contribution in [2.75, 3.05) is 24.2 Å². The van der Waals surface area contributed by atoms with E-state index in [4.69, 9.17) is 0 Å². The molecule has 0 bridgehead atoms. The number of hydrogen-bond donors (Lipinski definition) is 1. The molecule has 1 aliphatic rings. The number of anilines is 1. The van der Waals surface area contributed by atoms with E-state index in [1.165, 1.54) is 29.7 Å². The molecule has 0 amide bonds. The predicted molar refractivity (Wildman–Crippen MR) is 92.5 cm³/mol. The van der Waals surface area contributed by atoms with E-state index in [-0.39, 0.29) is 22.7 Å². The van der Waals surface area contributed by atoms with Gasteiger partial charge in [0.1, 0.15) is 0 Å². The van der Waals surface area contributed by atoms with Gasteiger partial charge in [-0.05, 0) is 12.1 Å². The molecule has 0 saturated carbocycles. The van der Waals surface area contributed by atoms with Crippen LogP contribution in [0.2, 0.25) is 0 Å². The highest BCUT2D eigenvalue weighted by atomic mass is 32.2. The molecule has 6 nitrogen and oxygen atoms in total. The highest BCUT2D eigenvalue weighted by Crippen LogP contribution is 2.29. The average molecular weight is 366 g/mol. The van der Waals surface area contributed by atoms with Gasteiger partial charge in [0.25, 0.3) is 0 Å². The highest BCUT2D eigenvalue weighted by Gasteiger charge is 2.30. The Labute approximate surface area is 144 Å². The van der Waals surface area contributed by atoms with Crippen LogP contribution in [-0.4, -0.2) is 49.7 Å². The Morgan fingerprint density at radius 3 is 2.75 bits per heavy atom. The summed E-state index contributed by atoms with van der Waals surface area (Å²) in [5, 5.41) is 10.5. The van der Waals surface area contributed by atoms with Crippen LogP contribution in [0.25, 0.3) is 0 Å². The van der Waals surface area contributed by atoms with Gasteiger partial charge >= 0.3 is 0 Å². The number of thiazole rings is 1. The van der Waals surface area contributed by atoms with Gasteiger partial charge < -0.3 is 10.0 Å². The molecule has 1 saturated heterocycles. The minimum Gasteiger partial charge on any atom is -0.391 e. The summed E-state index contributed by atoms with van der Waals surface area (Å²) in [6.45, 7) is 3.18. The van der Waals surface area contributed by atoms with Crippen LogP contribution < -0.4 is 4.90 Å². The van der Waals surface area contributed by atoms with Gasteiger partial charge in [-0.1, -0.05) is 30.4 Å². The smallest absolute Gasteiger partial charge is 0.204 e. The lowest BCUT2D eigenvalue weighted by molar-refractivity contribution is 0.104. The van der Waals surface area contributed by atoms with Crippen molar-refractivity contribution >= 4 is 32.1 Å². The Morgan fingerprint density at radius 1 is 1.38 bits per heavy atom. The molecule has 0 aliphatic carbocycles. The standard InChI is InChI=1S/C16H18N2O4S2/c1-10-8-18(9-13(10)19)16-17-7-14(23-16)15(20)11-4-3-5-12(6-11)24(2,21)22/h3-7,10,13,19H,8-9H2,1-2H3/t10-,13-/m0/s1. The zero-order valence-electron chi connectivity index (χ0n) is 13.3. The first-order valence-corrected chi connectivity index (χ1v) is 10.2. The molecule has 3 rings (SSSR count). The summed E-state index contributed by atoms with van der Waals surface area (Å²) >= 11 is 1.26. The normalized spacial score (nSPS) is 21.2. The summed E-state index contributed by atoms with van der Waals surface area (Å²) in [5.74, 6) is -0.0865. The molecule has 1 aromatic heterocycles. The van der Waals surface area contributed by atoms with E-state index in [1.54, 1.807) is 12.1 Å². The molecule has 1 aromatic carbocycles. The first-order valence-electron chi connectivity index (χ1n) is 7.49. The van der Waals surface area contributed by atoms with Gasteiger partial charge in [0, 0.05) is 30.8 Å². The molecule has 1 N–H and O–H groups in total. The lowest BCUT2D eigenvalue weighted by atomic mass is 10.1. The molecule has 128 valence electrons. The van der Waals surface area contributed by atoms with E-state index in [1.807, 2.05) is 11.8 Å². The third kappa shape index (κ3) is 3.35. The highest BCUT2D eigenvalue weighted by molar-refractivity contribution is 7.90. The van der Waals surface area contributed by atoms with Crippen LogP contribution in [0, 0.1) is 5.92 Å². The van der Waals surface area contributed by atoms with Gasteiger partial charge in [0.2, 0.25) is 5.78 Å². The van der Waals surface area contributed by atoms with Crippen LogP contribution >= 0.6 is 11.3 Å². The second kappa shape index (κ2) is 6.27. The van der Waals surface area contributed by atoms with Crippen LogP contribution in [0.5, 0.6) is 0 Å². The molecule has 2 heterocycles. The Kier molecular flexibility index (Phi) is 4.46. The summed E-state index contributed by atoms with van der Waals surface area (Å²) in [6, 6.07) is 6.01. The van der Waals surface area contributed by atoms with Gasteiger partial charge in [-0.15, -0.1) is 0 Å². The van der Waals surface area contributed by atoms with Crippen molar-refractivity contribution in [2.24, 2.45) is 5.92 Å². The Bertz CT molecular complexity index is 866. The Hall–Kier alpha value is -1.77. The molecular formula is C16H18N2O4S2. The van der Waals surface area contributed by atoms with E-state index < -0.39 is 9.84 Å². The minimum atomic E-state index is -3.36. The predicted octanol–water partition coefficient (Wildman–Crippen LogP) is 1.59. The van der Waals surface area contributed by atoms with Crippen molar-refractivity contribution in [3.63, 3.8) is 0 Å². The maximum absolute atomic E-state index is 12.6. The number of ketones is 1. The molecule has 2 atom stereocenters. The summed E-state index contributed by atoms with van der Waals surface area (Å²) < 4.78 is 23.3. The fourth-order valence-corrected chi connectivity index (χ4v) is 4.20. The summed E-state index contributed by atoms with van der Waals surface area (Å²) in [6.07, 6.45) is 2.23. The van der Waals surface area contributed by atoms with E-state index >= 15 is 0 Å². The van der Waals surface area contributed by atoms with E-state index in [0.29, 0.717) is 28.7 Å². The van der Waals surface area contributed by atoms with Gasteiger partial charge in [0.05, 0.1) is 22.1 Å². The van der Waals surface area contributed by atoms with Gasteiger partial charge in [-0.3, -0.25) is 4.79 Å². The maximum Gasteiger partial charge on any atom is 0.204 e. The van der Waals surface area contributed by atoms with Crippen molar-refractivity contribution in [3.8, 4) is 0 Å². The number of β-amino-alcohol motifs (C(OH)–C–C–N with tert-alkyl or cyclic N) is 1. The van der Waals surface area contributed by atoms with Gasteiger partial charge in [0.15, 0.2) is 15.0 Å². The number of aliphatic hydroxyl groups excluding tert-OH is 1. The second-order valence-electron chi connectivity index (χ2n) is 6.09. The lowest BCUT2D eigenvalue weighted by Crippen LogP contribution is -2.20. The van der Waals surface area contributed by atoms with Gasteiger partial charge in [-0.2, -0.15) is 0 Å². The van der Waals surface area contributed by atoms with Crippen LogP contribution in [-0.2, 0) is 9.84 Å². The number of sulfone groups is 1. The molecule has 8 heteroatoms.